The molecule has 2 N–H and O–H groups in total. The molecule has 0 radical (unpaired) electrons. The second kappa shape index (κ2) is 11.2. The van der Waals surface area contributed by atoms with Gasteiger partial charge in [0.05, 0.1) is 5.54 Å². The van der Waals surface area contributed by atoms with E-state index >= 15 is 0 Å². The maximum absolute atomic E-state index is 4.53. The van der Waals surface area contributed by atoms with Gasteiger partial charge in [-0.3, -0.25) is 0 Å². The molecule has 1 saturated heterocycles. The van der Waals surface area contributed by atoms with Crippen molar-refractivity contribution < 1.29 is 0 Å². The van der Waals surface area contributed by atoms with Crippen LogP contribution >= 0.6 is 0 Å². The zero-order chi connectivity index (χ0) is 25.1. The summed E-state index contributed by atoms with van der Waals surface area (Å²) in [5.41, 5.74) is 4.69. The molecule has 3 aliphatic rings. The van der Waals surface area contributed by atoms with Crippen LogP contribution in [0.15, 0.2) is 53.8 Å². The van der Waals surface area contributed by atoms with E-state index < -0.39 is 0 Å². The summed E-state index contributed by atoms with van der Waals surface area (Å²) in [6.45, 7) is 16.0. The largest absolute Gasteiger partial charge is 0.380 e. The lowest BCUT2D eigenvalue weighted by atomic mass is 9.57. The van der Waals surface area contributed by atoms with Gasteiger partial charge in [-0.15, -0.1) is 0 Å². The van der Waals surface area contributed by atoms with E-state index in [1.54, 1.807) is 5.70 Å². The summed E-state index contributed by atoms with van der Waals surface area (Å²) in [7, 11) is 0. The highest BCUT2D eigenvalue weighted by molar-refractivity contribution is 5.35. The van der Waals surface area contributed by atoms with Gasteiger partial charge in [-0.25, -0.2) is 0 Å². The normalized spacial score (nSPS) is 25.9. The molecule has 0 aromatic heterocycles. The highest BCUT2D eigenvalue weighted by Gasteiger charge is 2.55. The van der Waals surface area contributed by atoms with Crippen molar-refractivity contribution in [1.29, 1.82) is 0 Å². The first-order valence-corrected chi connectivity index (χ1v) is 14.7. The minimum absolute atomic E-state index is 0.0302. The highest BCUT2D eigenvalue weighted by Crippen LogP contribution is 2.51. The standard InChI is InChI=1S/C33H52N2/c1-24(2)28-19-14-20-29(25(3)4)31(28)35-33(30-21-12-13-22-34-30,23-26-15-8-7-9-16-26)32(5,6)27-17-10-11-18-27/h7-9,14-16,19,24-25,27,29-30,34-35H,10-13,17-18,20-23H2,1-6H3. The van der Waals surface area contributed by atoms with Gasteiger partial charge in [-0.05, 0) is 79.4 Å². The maximum Gasteiger partial charge on any atom is 0.0617 e. The lowest BCUT2D eigenvalue weighted by Gasteiger charge is -2.58. The van der Waals surface area contributed by atoms with E-state index in [1.807, 2.05) is 0 Å². The molecule has 2 aliphatic carbocycles. The summed E-state index contributed by atoms with van der Waals surface area (Å²) in [6, 6.07) is 11.8. The molecule has 3 atom stereocenters. The molecule has 0 bridgehead atoms. The molecule has 1 aromatic carbocycles. The fourth-order valence-electron chi connectivity index (χ4n) is 7.57. The molecule has 194 valence electrons. The van der Waals surface area contributed by atoms with Crippen LogP contribution in [-0.4, -0.2) is 18.1 Å². The van der Waals surface area contributed by atoms with Gasteiger partial charge in [-0.1, -0.05) is 103 Å². The maximum atomic E-state index is 4.53. The Balaban J connectivity index is 1.89. The molecular weight excluding hydrogens is 424 g/mol. The first kappa shape index (κ1) is 26.5. The Labute approximate surface area is 216 Å². The van der Waals surface area contributed by atoms with Crippen LogP contribution in [0.4, 0.5) is 0 Å². The zero-order valence-electron chi connectivity index (χ0n) is 23.5. The minimum atomic E-state index is -0.0302. The fraction of sp³-hybridized carbons (Fsp3) is 0.697. The Morgan fingerprint density at radius 3 is 2.23 bits per heavy atom. The zero-order valence-corrected chi connectivity index (χ0v) is 23.5. The van der Waals surface area contributed by atoms with Gasteiger partial charge in [0, 0.05) is 17.7 Å². The Morgan fingerprint density at radius 1 is 0.943 bits per heavy atom. The Morgan fingerprint density at radius 2 is 1.63 bits per heavy atom. The van der Waals surface area contributed by atoms with Gasteiger partial charge in [0.25, 0.3) is 0 Å². The highest BCUT2D eigenvalue weighted by atomic mass is 15.1. The number of hydrogen-bond donors (Lipinski definition) is 2. The smallest absolute Gasteiger partial charge is 0.0617 e. The van der Waals surface area contributed by atoms with E-state index in [1.165, 1.54) is 56.1 Å². The summed E-state index contributed by atoms with van der Waals surface area (Å²) in [5.74, 6) is 2.48. The number of hydrogen-bond acceptors (Lipinski definition) is 2. The molecule has 0 amide bonds. The van der Waals surface area contributed by atoms with Crippen molar-refractivity contribution in [3.05, 3.63) is 59.3 Å². The number of piperidine rings is 1. The third-order valence-corrected chi connectivity index (χ3v) is 9.91. The van der Waals surface area contributed by atoms with Crippen molar-refractivity contribution in [3.63, 3.8) is 0 Å². The average Bonchev–Trinajstić information content (AvgIpc) is 3.40. The molecule has 1 heterocycles. The monoisotopic (exact) mass is 476 g/mol. The molecule has 1 aliphatic heterocycles. The summed E-state index contributed by atoms with van der Waals surface area (Å²) >= 11 is 0. The molecule has 35 heavy (non-hydrogen) atoms. The van der Waals surface area contributed by atoms with Crippen LogP contribution in [0.1, 0.15) is 98.5 Å². The molecule has 0 spiro atoms. The SMILES string of the molecule is CC(C)C1=C(NC(Cc2ccccc2)(C2CCCCN2)C(C)(C)C2CCCC2)C(C(C)C)CC=C1. The van der Waals surface area contributed by atoms with Crippen LogP contribution in [0.25, 0.3) is 0 Å². The van der Waals surface area contributed by atoms with Gasteiger partial charge >= 0.3 is 0 Å². The predicted molar refractivity (Wildman–Crippen MR) is 151 cm³/mol. The Kier molecular flexibility index (Phi) is 8.52. The average molecular weight is 477 g/mol. The number of rotatable bonds is 9. The summed E-state index contributed by atoms with van der Waals surface area (Å²) in [6.07, 6.45) is 16.6. The van der Waals surface area contributed by atoms with Crippen molar-refractivity contribution in [3.8, 4) is 0 Å². The van der Waals surface area contributed by atoms with Crippen LogP contribution in [0.2, 0.25) is 0 Å². The van der Waals surface area contributed by atoms with E-state index in [9.17, 15) is 0 Å². The van der Waals surface area contributed by atoms with Crippen molar-refractivity contribution in [2.75, 3.05) is 6.54 Å². The lowest BCUT2D eigenvalue weighted by Crippen LogP contribution is -2.70. The fourth-order valence-corrected chi connectivity index (χ4v) is 7.57. The van der Waals surface area contributed by atoms with Crippen LogP contribution < -0.4 is 10.6 Å². The van der Waals surface area contributed by atoms with Gasteiger partial charge in [-0.2, -0.15) is 0 Å². The second-order valence-electron chi connectivity index (χ2n) is 13.0. The van der Waals surface area contributed by atoms with E-state index in [4.69, 9.17) is 0 Å². The van der Waals surface area contributed by atoms with Crippen LogP contribution in [0.5, 0.6) is 0 Å². The third-order valence-electron chi connectivity index (χ3n) is 9.91. The quantitative estimate of drug-likeness (QED) is 0.376. The Bertz CT molecular complexity index is 866. The minimum Gasteiger partial charge on any atom is -0.380 e. The first-order chi connectivity index (χ1) is 16.8. The first-order valence-electron chi connectivity index (χ1n) is 14.7. The molecule has 2 fully saturated rings. The summed E-state index contributed by atoms with van der Waals surface area (Å²) < 4.78 is 0. The molecule has 2 nitrogen and oxygen atoms in total. The van der Waals surface area contributed by atoms with Crippen molar-refractivity contribution >= 4 is 0 Å². The van der Waals surface area contributed by atoms with Gasteiger partial charge < -0.3 is 10.6 Å². The summed E-state index contributed by atoms with van der Waals surface area (Å²) in [4.78, 5) is 0. The van der Waals surface area contributed by atoms with Gasteiger partial charge in [0.1, 0.15) is 0 Å². The number of nitrogens with one attached hydrogen (secondary N) is 2. The topological polar surface area (TPSA) is 24.1 Å². The number of benzene rings is 1. The van der Waals surface area contributed by atoms with Gasteiger partial charge in [0.15, 0.2) is 0 Å². The third kappa shape index (κ3) is 5.43. The van der Waals surface area contributed by atoms with E-state index in [0.717, 1.165) is 25.3 Å². The molecule has 1 saturated carbocycles. The van der Waals surface area contributed by atoms with Crippen LogP contribution in [0, 0.1) is 29.1 Å². The van der Waals surface area contributed by atoms with Crippen molar-refractivity contribution in [2.24, 2.45) is 29.1 Å². The van der Waals surface area contributed by atoms with Crippen molar-refractivity contribution in [2.45, 2.75) is 111 Å². The van der Waals surface area contributed by atoms with E-state index in [0.29, 0.717) is 23.8 Å². The Hall–Kier alpha value is -1.54. The molecule has 4 rings (SSSR count). The van der Waals surface area contributed by atoms with E-state index in [2.05, 4.69) is 94.7 Å². The molecule has 1 aromatic rings. The predicted octanol–water partition coefficient (Wildman–Crippen LogP) is 8.06. The van der Waals surface area contributed by atoms with Crippen molar-refractivity contribution in [1.82, 2.24) is 10.6 Å². The second-order valence-corrected chi connectivity index (χ2v) is 13.0. The van der Waals surface area contributed by atoms with Crippen LogP contribution in [-0.2, 0) is 6.42 Å². The molecular formula is C33H52N2. The van der Waals surface area contributed by atoms with Gasteiger partial charge in [0.2, 0.25) is 0 Å². The van der Waals surface area contributed by atoms with E-state index in [-0.39, 0.29) is 11.0 Å². The summed E-state index contributed by atoms with van der Waals surface area (Å²) in [5, 5.41) is 8.62. The molecule has 2 heteroatoms. The molecule has 3 unspecified atom stereocenters. The number of allylic oxidation sites excluding steroid dienone is 4. The van der Waals surface area contributed by atoms with Crippen LogP contribution in [0.3, 0.4) is 0 Å². The lowest BCUT2D eigenvalue weighted by molar-refractivity contribution is 0.0164.